The molecule has 1 N–H and O–H groups in total. The highest BCUT2D eigenvalue weighted by atomic mass is 16.5. The Labute approximate surface area is 181 Å². The van der Waals surface area contributed by atoms with Crippen LogP contribution in [0, 0.1) is 20.8 Å². The van der Waals surface area contributed by atoms with Gasteiger partial charge < -0.3 is 10.1 Å². The zero-order valence-corrected chi connectivity index (χ0v) is 18.3. The van der Waals surface area contributed by atoms with Crippen LogP contribution in [0.1, 0.15) is 29.3 Å². The number of amides is 1. The number of hydrogen-bond donors (Lipinski definition) is 1. The summed E-state index contributed by atoms with van der Waals surface area (Å²) < 4.78 is 7.61. The predicted molar refractivity (Wildman–Crippen MR) is 123 cm³/mol. The number of aryl methyl sites for hydroxylation is 4. The number of rotatable bonds is 6. The van der Waals surface area contributed by atoms with Crippen molar-refractivity contribution in [2.45, 2.75) is 34.1 Å². The number of pyridine rings is 1. The molecule has 0 aliphatic carbocycles. The maximum Gasteiger partial charge on any atom is 0.262 e. The summed E-state index contributed by atoms with van der Waals surface area (Å²) in [6, 6.07) is 17.7. The lowest BCUT2D eigenvalue weighted by molar-refractivity contribution is -0.118. The molecular weight excluding hydrogens is 388 g/mol. The molecule has 2 heterocycles. The fourth-order valence-electron chi connectivity index (χ4n) is 3.54. The fraction of sp³-hybridized carbons (Fsp3) is 0.240. The summed E-state index contributed by atoms with van der Waals surface area (Å²) in [6.45, 7) is 8.02. The summed E-state index contributed by atoms with van der Waals surface area (Å²) in [7, 11) is 0. The van der Waals surface area contributed by atoms with Crippen LogP contribution in [0.4, 0.5) is 5.69 Å². The minimum Gasteiger partial charge on any atom is -0.467 e. The van der Waals surface area contributed by atoms with E-state index in [2.05, 4.69) is 31.3 Å². The number of nitrogens with one attached hydrogen (secondary N) is 1. The summed E-state index contributed by atoms with van der Waals surface area (Å²) in [5, 5.41) is 8.59. The molecule has 0 fully saturated rings. The van der Waals surface area contributed by atoms with E-state index in [4.69, 9.17) is 14.8 Å². The van der Waals surface area contributed by atoms with E-state index >= 15 is 0 Å². The molecule has 2 aromatic carbocycles. The van der Waals surface area contributed by atoms with Crippen LogP contribution in [0.25, 0.3) is 16.7 Å². The van der Waals surface area contributed by atoms with Gasteiger partial charge >= 0.3 is 0 Å². The van der Waals surface area contributed by atoms with Crippen LogP contribution < -0.4 is 10.1 Å². The number of anilines is 1. The lowest BCUT2D eigenvalue weighted by Gasteiger charge is -2.10. The van der Waals surface area contributed by atoms with Gasteiger partial charge in [0.05, 0.1) is 11.4 Å². The molecule has 4 aromatic rings. The third-order valence-corrected chi connectivity index (χ3v) is 5.22. The molecule has 0 bridgehead atoms. The van der Waals surface area contributed by atoms with Crippen molar-refractivity contribution in [3.63, 3.8) is 0 Å². The van der Waals surface area contributed by atoms with Gasteiger partial charge in [-0.25, -0.2) is 4.68 Å². The molecule has 0 aliphatic rings. The molecule has 0 spiro atoms. The number of fused-ring (bicyclic) bond motifs is 1. The Morgan fingerprint density at radius 2 is 1.65 bits per heavy atom. The molecule has 0 saturated carbocycles. The number of aromatic nitrogens is 3. The minimum absolute atomic E-state index is 0.118. The molecule has 2 aromatic heterocycles. The Kier molecular flexibility index (Phi) is 5.71. The summed E-state index contributed by atoms with van der Waals surface area (Å²) in [5.41, 5.74) is 6.74. The molecular formula is C25H26N4O2. The summed E-state index contributed by atoms with van der Waals surface area (Å²) in [6.07, 6.45) is 0.811. The second-order valence-electron chi connectivity index (χ2n) is 7.71. The van der Waals surface area contributed by atoms with Gasteiger partial charge in [-0.05, 0) is 57.0 Å². The smallest absolute Gasteiger partial charge is 0.262 e. The molecule has 0 unspecified atom stereocenters. The lowest BCUT2D eigenvalue weighted by Crippen LogP contribution is -2.20. The van der Waals surface area contributed by atoms with Crippen LogP contribution in [0.2, 0.25) is 0 Å². The number of ether oxygens (including phenoxy) is 1. The average Bonchev–Trinajstić information content (AvgIpc) is 3.10. The Hall–Kier alpha value is -3.67. The van der Waals surface area contributed by atoms with E-state index in [0.717, 1.165) is 45.6 Å². The van der Waals surface area contributed by atoms with Crippen molar-refractivity contribution in [1.82, 2.24) is 14.8 Å². The third-order valence-electron chi connectivity index (χ3n) is 5.22. The average molecular weight is 415 g/mol. The Balaban J connectivity index is 1.60. The molecule has 0 saturated heterocycles. The molecule has 0 radical (unpaired) electrons. The van der Waals surface area contributed by atoms with Crippen LogP contribution >= 0.6 is 0 Å². The van der Waals surface area contributed by atoms with Crippen LogP contribution in [0.15, 0.2) is 54.6 Å². The molecule has 0 atom stereocenters. The maximum atomic E-state index is 12.3. The first kappa shape index (κ1) is 20.6. The van der Waals surface area contributed by atoms with E-state index in [0.29, 0.717) is 5.88 Å². The topological polar surface area (TPSA) is 69.0 Å². The maximum absolute atomic E-state index is 12.3. The second-order valence-corrected chi connectivity index (χ2v) is 7.71. The largest absolute Gasteiger partial charge is 0.467 e. The van der Waals surface area contributed by atoms with E-state index in [9.17, 15) is 4.79 Å². The van der Waals surface area contributed by atoms with Gasteiger partial charge in [-0.2, -0.15) is 10.1 Å². The first-order chi connectivity index (χ1) is 14.9. The van der Waals surface area contributed by atoms with Gasteiger partial charge in [0.2, 0.25) is 5.88 Å². The van der Waals surface area contributed by atoms with Crippen LogP contribution in [-0.4, -0.2) is 27.3 Å². The van der Waals surface area contributed by atoms with Crippen molar-refractivity contribution >= 4 is 22.6 Å². The standard InChI is InChI=1S/C25H26N4O2/c1-5-19-14-23(31-15-22(30)26-20-10-6-16(2)7-11-20)27-25-24(19)18(4)28-29(25)21-12-8-17(3)9-13-21/h6-14H,5,15H2,1-4H3,(H,26,30). The molecule has 31 heavy (non-hydrogen) atoms. The van der Waals surface area contributed by atoms with Crippen molar-refractivity contribution < 1.29 is 9.53 Å². The van der Waals surface area contributed by atoms with Crippen LogP contribution in [0.5, 0.6) is 5.88 Å². The van der Waals surface area contributed by atoms with Crippen molar-refractivity contribution in [3.8, 4) is 11.6 Å². The van der Waals surface area contributed by atoms with Gasteiger partial charge in [-0.1, -0.05) is 42.3 Å². The Morgan fingerprint density at radius 3 is 2.29 bits per heavy atom. The SMILES string of the molecule is CCc1cc(OCC(=O)Nc2ccc(C)cc2)nc2c1c(C)nn2-c1ccc(C)cc1. The van der Waals surface area contributed by atoms with Crippen molar-refractivity contribution in [3.05, 3.63) is 77.0 Å². The van der Waals surface area contributed by atoms with E-state index in [-0.39, 0.29) is 12.5 Å². The van der Waals surface area contributed by atoms with E-state index < -0.39 is 0 Å². The molecule has 4 rings (SSSR count). The monoisotopic (exact) mass is 414 g/mol. The van der Waals surface area contributed by atoms with Crippen LogP contribution in [-0.2, 0) is 11.2 Å². The lowest BCUT2D eigenvalue weighted by atomic mass is 10.1. The number of hydrogen-bond acceptors (Lipinski definition) is 4. The van der Waals surface area contributed by atoms with Gasteiger partial charge in [0.1, 0.15) is 0 Å². The van der Waals surface area contributed by atoms with E-state index in [1.165, 1.54) is 5.56 Å². The second kappa shape index (κ2) is 8.60. The number of nitrogens with zero attached hydrogens (tertiary/aromatic N) is 3. The first-order valence-electron chi connectivity index (χ1n) is 10.4. The van der Waals surface area contributed by atoms with Gasteiger partial charge in [0.25, 0.3) is 5.91 Å². The number of benzene rings is 2. The Bertz CT molecular complexity index is 1230. The van der Waals surface area contributed by atoms with Gasteiger partial charge in [-0.15, -0.1) is 0 Å². The predicted octanol–water partition coefficient (Wildman–Crippen LogP) is 4.93. The summed E-state index contributed by atoms with van der Waals surface area (Å²) >= 11 is 0. The number of carbonyl (C=O) groups excluding carboxylic acids is 1. The first-order valence-corrected chi connectivity index (χ1v) is 10.4. The summed E-state index contributed by atoms with van der Waals surface area (Å²) in [5.74, 6) is 0.184. The third kappa shape index (κ3) is 4.43. The van der Waals surface area contributed by atoms with Crippen molar-refractivity contribution in [1.29, 1.82) is 0 Å². The number of carbonyl (C=O) groups is 1. The highest BCUT2D eigenvalue weighted by Gasteiger charge is 2.16. The Morgan fingerprint density at radius 1 is 1.00 bits per heavy atom. The van der Waals surface area contributed by atoms with E-state index in [1.54, 1.807) is 0 Å². The quantitative estimate of drug-likeness (QED) is 0.486. The van der Waals surface area contributed by atoms with Crippen molar-refractivity contribution in [2.24, 2.45) is 0 Å². The molecule has 6 nitrogen and oxygen atoms in total. The molecule has 0 aliphatic heterocycles. The molecule has 158 valence electrons. The summed E-state index contributed by atoms with van der Waals surface area (Å²) in [4.78, 5) is 17.0. The minimum atomic E-state index is -0.230. The van der Waals surface area contributed by atoms with Gasteiger partial charge in [-0.3, -0.25) is 4.79 Å². The highest BCUT2D eigenvalue weighted by molar-refractivity contribution is 5.92. The normalized spacial score (nSPS) is 11.0. The molecule has 6 heteroatoms. The highest BCUT2D eigenvalue weighted by Crippen LogP contribution is 2.27. The van der Waals surface area contributed by atoms with Gasteiger partial charge in [0.15, 0.2) is 12.3 Å². The molecule has 1 amide bonds. The van der Waals surface area contributed by atoms with Crippen molar-refractivity contribution in [2.75, 3.05) is 11.9 Å². The van der Waals surface area contributed by atoms with Gasteiger partial charge in [0, 0.05) is 17.1 Å². The fourth-order valence-corrected chi connectivity index (χ4v) is 3.54. The zero-order chi connectivity index (χ0) is 22.0. The van der Waals surface area contributed by atoms with Crippen LogP contribution in [0.3, 0.4) is 0 Å². The zero-order valence-electron chi connectivity index (χ0n) is 18.3. The van der Waals surface area contributed by atoms with E-state index in [1.807, 2.05) is 61.0 Å².